The minimum atomic E-state index is 0.846. The number of ether oxygens (including phenoxy) is 1. The maximum Gasteiger partial charge on any atom is 0.118 e. The van der Waals surface area contributed by atoms with Crippen molar-refractivity contribution >= 4 is 0 Å². The fraction of sp³-hybridized carbons (Fsp3) is 0.167. The second kappa shape index (κ2) is 4.09. The molecule has 1 aromatic heterocycles. The van der Waals surface area contributed by atoms with Gasteiger partial charge in [-0.2, -0.15) is 10.2 Å². The third-order valence-corrected chi connectivity index (χ3v) is 2.18. The van der Waals surface area contributed by atoms with Gasteiger partial charge in [0.2, 0.25) is 0 Å². The molecule has 0 amide bonds. The van der Waals surface area contributed by atoms with Gasteiger partial charge in [0, 0.05) is 5.56 Å². The van der Waals surface area contributed by atoms with E-state index < -0.39 is 0 Å². The Balaban J connectivity index is 2.33. The molecule has 76 valence electrons. The van der Waals surface area contributed by atoms with E-state index in [0.717, 1.165) is 22.7 Å². The van der Waals surface area contributed by atoms with Gasteiger partial charge in [0.25, 0.3) is 0 Å². The summed E-state index contributed by atoms with van der Waals surface area (Å²) in [7, 11) is 1.65. The number of hydrogen-bond donors (Lipinski definition) is 0. The maximum atomic E-state index is 5.09. The summed E-state index contributed by atoms with van der Waals surface area (Å²) in [4.78, 5) is 0. The topological polar surface area (TPSA) is 35.0 Å². The van der Waals surface area contributed by atoms with Crippen LogP contribution in [0.2, 0.25) is 0 Å². The van der Waals surface area contributed by atoms with Crippen LogP contribution in [0.15, 0.2) is 36.4 Å². The van der Waals surface area contributed by atoms with Gasteiger partial charge in [-0.25, -0.2) is 0 Å². The quantitative estimate of drug-likeness (QED) is 0.747. The highest BCUT2D eigenvalue weighted by Crippen LogP contribution is 2.19. The molecule has 0 fully saturated rings. The Morgan fingerprint density at radius 3 is 2.20 bits per heavy atom. The third kappa shape index (κ3) is 2.13. The first-order chi connectivity index (χ1) is 7.29. The first-order valence-corrected chi connectivity index (χ1v) is 4.74. The average Bonchev–Trinajstić information content (AvgIpc) is 2.30. The zero-order valence-corrected chi connectivity index (χ0v) is 8.77. The number of hydrogen-bond acceptors (Lipinski definition) is 3. The van der Waals surface area contributed by atoms with Crippen LogP contribution < -0.4 is 4.74 Å². The summed E-state index contributed by atoms with van der Waals surface area (Å²) >= 11 is 0. The van der Waals surface area contributed by atoms with E-state index in [1.54, 1.807) is 7.11 Å². The highest BCUT2D eigenvalue weighted by Gasteiger charge is 1.99. The predicted molar refractivity (Wildman–Crippen MR) is 58.8 cm³/mol. The van der Waals surface area contributed by atoms with Crippen molar-refractivity contribution in [2.45, 2.75) is 6.92 Å². The maximum absolute atomic E-state index is 5.09. The van der Waals surface area contributed by atoms with Gasteiger partial charge in [-0.1, -0.05) is 0 Å². The highest BCUT2D eigenvalue weighted by atomic mass is 16.5. The lowest BCUT2D eigenvalue weighted by Crippen LogP contribution is -1.89. The van der Waals surface area contributed by atoms with Crippen molar-refractivity contribution in [1.82, 2.24) is 10.2 Å². The van der Waals surface area contributed by atoms with Crippen molar-refractivity contribution in [1.29, 1.82) is 0 Å². The summed E-state index contributed by atoms with van der Waals surface area (Å²) in [6.45, 7) is 1.92. The van der Waals surface area contributed by atoms with E-state index in [9.17, 15) is 0 Å². The molecule has 0 aliphatic rings. The molecule has 3 nitrogen and oxygen atoms in total. The summed E-state index contributed by atoms with van der Waals surface area (Å²) in [6.07, 6.45) is 0. The van der Waals surface area contributed by atoms with Gasteiger partial charge in [0.05, 0.1) is 18.5 Å². The second-order valence-electron chi connectivity index (χ2n) is 3.29. The van der Waals surface area contributed by atoms with Crippen LogP contribution in [-0.4, -0.2) is 17.3 Å². The molecule has 1 heterocycles. The molecular weight excluding hydrogens is 188 g/mol. The van der Waals surface area contributed by atoms with Crippen LogP contribution in [0.25, 0.3) is 11.3 Å². The molecule has 15 heavy (non-hydrogen) atoms. The molecule has 0 radical (unpaired) electrons. The Hall–Kier alpha value is -1.90. The van der Waals surface area contributed by atoms with E-state index in [0.29, 0.717) is 0 Å². The third-order valence-electron chi connectivity index (χ3n) is 2.18. The van der Waals surface area contributed by atoms with Crippen molar-refractivity contribution in [3.63, 3.8) is 0 Å². The molecule has 0 saturated carbocycles. The van der Waals surface area contributed by atoms with Gasteiger partial charge < -0.3 is 4.74 Å². The van der Waals surface area contributed by atoms with Gasteiger partial charge in [-0.15, -0.1) is 0 Å². The van der Waals surface area contributed by atoms with E-state index in [-0.39, 0.29) is 0 Å². The van der Waals surface area contributed by atoms with E-state index in [2.05, 4.69) is 10.2 Å². The summed E-state index contributed by atoms with van der Waals surface area (Å²) < 4.78 is 5.09. The summed E-state index contributed by atoms with van der Waals surface area (Å²) in [6, 6.07) is 11.7. The Morgan fingerprint density at radius 2 is 1.67 bits per heavy atom. The Morgan fingerprint density at radius 1 is 0.933 bits per heavy atom. The molecule has 2 aromatic rings. The fourth-order valence-electron chi connectivity index (χ4n) is 1.31. The molecule has 0 bridgehead atoms. The Bertz CT molecular complexity index is 434. The Kier molecular flexibility index (Phi) is 2.63. The monoisotopic (exact) mass is 200 g/mol. The average molecular weight is 200 g/mol. The Labute approximate surface area is 88.7 Å². The SMILES string of the molecule is COc1ccc(-c2ccc(C)nn2)cc1. The molecule has 1 aromatic carbocycles. The van der Waals surface area contributed by atoms with Crippen LogP contribution in [-0.2, 0) is 0 Å². The molecule has 0 atom stereocenters. The molecule has 0 aliphatic heterocycles. The van der Waals surface area contributed by atoms with E-state index >= 15 is 0 Å². The minimum absolute atomic E-state index is 0.846. The van der Waals surface area contributed by atoms with Gasteiger partial charge in [0.1, 0.15) is 5.75 Å². The smallest absolute Gasteiger partial charge is 0.118 e. The van der Waals surface area contributed by atoms with Crippen LogP contribution in [0.4, 0.5) is 0 Å². The van der Waals surface area contributed by atoms with Crippen molar-refractivity contribution in [3.05, 3.63) is 42.1 Å². The molecular formula is C12H12N2O. The number of nitrogens with zero attached hydrogens (tertiary/aromatic N) is 2. The van der Waals surface area contributed by atoms with Crippen LogP contribution in [0.5, 0.6) is 5.75 Å². The van der Waals surface area contributed by atoms with Gasteiger partial charge in [-0.3, -0.25) is 0 Å². The second-order valence-corrected chi connectivity index (χ2v) is 3.29. The summed E-state index contributed by atoms with van der Waals surface area (Å²) in [5.41, 5.74) is 2.85. The lowest BCUT2D eigenvalue weighted by Gasteiger charge is -2.02. The normalized spacial score (nSPS) is 10.0. The molecule has 0 saturated heterocycles. The van der Waals surface area contributed by atoms with E-state index in [1.807, 2.05) is 43.3 Å². The number of aromatic nitrogens is 2. The van der Waals surface area contributed by atoms with Gasteiger partial charge in [0.15, 0.2) is 0 Å². The highest BCUT2D eigenvalue weighted by molar-refractivity contribution is 5.59. The van der Waals surface area contributed by atoms with Crippen molar-refractivity contribution in [2.75, 3.05) is 7.11 Å². The van der Waals surface area contributed by atoms with Crippen LogP contribution in [0.1, 0.15) is 5.69 Å². The van der Waals surface area contributed by atoms with Crippen molar-refractivity contribution in [3.8, 4) is 17.0 Å². The molecule has 0 unspecified atom stereocenters. The fourth-order valence-corrected chi connectivity index (χ4v) is 1.31. The molecule has 0 N–H and O–H groups in total. The van der Waals surface area contributed by atoms with Crippen LogP contribution >= 0.6 is 0 Å². The molecule has 2 rings (SSSR count). The first kappa shape index (κ1) is 9.65. The minimum Gasteiger partial charge on any atom is -0.497 e. The van der Waals surface area contributed by atoms with Crippen LogP contribution in [0, 0.1) is 6.92 Å². The zero-order chi connectivity index (χ0) is 10.7. The molecule has 0 spiro atoms. The summed E-state index contributed by atoms with van der Waals surface area (Å²) in [5, 5.41) is 8.13. The van der Waals surface area contributed by atoms with E-state index in [4.69, 9.17) is 4.74 Å². The number of rotatable bonds is 2. The lowest BCUT2D eigenvalue weighted by atomic mass is 10.1. The predicted octanol–water partition coefficient (Wildman–Crippen LogP) is 2.46. The van der Waals surface area contributed by atoms with Crippen molar-refractivity contribution < 1.29 is 4.74 Å². The largest absolute Gasteiger partial charge is 0.497 e. The van der Waals surface area contributed by atoms with E-state index in [1.165, 1.54) is 0 Å². The van der Waals surface area contributed by atoms with Crippen LogP contribution in [0.3, 0.4) is 0 Å². The zero-order valence-electron chi connectivity index (χ0n) is 8.77. The summed E-state index contributed by atoms with van der Waals surface area (Å²) in [5.74, 6) is 0.846. The van der Waals surface area contributed by atoms with Gasteiger partial charge in [-0.05, 0) is 43.3 Å². The lowest BCUT2D eigenvalue weighted by molar-refractivity contribution is 0.415. The first-order valence-electron chi connectivity index (χ1n) is 4.74. The van der Waals surface area contributed by atoms with Gasteiger partial charge >= 0.3 is 0 Å². The molecule has 0 aliphatic carbocycles. The van der Waals surface area contributed by atoms with Crippen molar-refractivity contribution in [2.24, 2.45) is 0 Å². The number of methoxy groups -OCH3 is 1. The number of aryl methyl sites for hydroxylation is 1. The molecule has 3 heteroatoms. The number of benzene rings is 1. The standard InChI is InChI=1S/C12H12N2O/c1-9-3-8-12(14-13-9)10-4-6-11(15-2)7-5-10/h3-8H,1-2H3.